The smallest absolute Gasteiger partial charge is 0.344 e. The lowest BCUT2D eigenvalue weighted by Gasteiger charge is -2.15. The molecule has 0 aliphatic rings. The number of aliphatic carboxylic acids is 1. The molecule has 0 fully saturated rings. The summed E-state index contributed by atoms with van der Waals surface area (Å²) in [5, 5.41) is 17.7. The average molecular weight is 536 g/mol. The molecule has 4 aromatic rings. The van der Waals surface area contributed by atoms with Crippen LogP contribution >= 0.6 is 15.9 Å². The van der Waals surface area contributed by atoms with Crippen molar-refractivity contribution >= 4 is 38.7 Å². The van der Waals surface area contributed by atoms with Gasteiger partial charge in [0.1, 0.15) is 5.75 Å². The number of carboxylic acids is 1. The van der Waals surface area contributed by atoms with Crippen LogP contribution in [0.1, 0.15) is 47.1 Å². The number of fused-ring (bicyclic) bond motifs is 1. The summed E-state index contributed by atoms with van der Waals surface area (Å²) < 4.78 is 8.35. The lowest BCUT2D eigenvalue weighted by Crippen LogP contribution is -2.26. The summed E-state index contributed by atoms with van der Waals surface area (Å²) in [6.45, 7) is 5.85. The summed E-state index contributed by atoms with van der Waals surface area (Å²) in [4.78, 5) is 24.0. The zero-order chi connectivity index (χ0) is 25.1. The van der Waals surface area contributed by atoms with Crippen LogP contribution in [-0.2, 0) is 11.3 Å². The summed E-state index contributed by atoms with van der Waals surface area (Å²) in [5.41, 5.74) is 4.25. The van der Waals surface area contributed by atoms with E-state index in [4.69, 9.17) is 9.84 Å². The summed E-state index contributed by atoms with van der Waals surface area (Å²) in [7, 11) is 0. The monoisotopic (exact) mass is 535 g/mol. The van der Waals surface area contributed by atoms with E-state index in [0.717, 1.165) is 32.2 Å². The van der Waals surface area contributed by atoms with Crippen molar-refractivity contribution in [3.05, 3.63) is 93.6 Å². The molecule has 8 heteroatoms. The van der Waals surface area contributed by atoms with E-state index < -0.39 is 12.1 Å². The van der Waals surface area contributed by atoms with Gasteiger partial charge in [0, 0.05) is 15.4 Å². The maximum atomic E-state index is 12.9. The van der Waals surface area contributed by atoms with Crippen molar-refractivity contribution in [1.82, 2.24) is 15.1 Å². The number of carboxylic acid groups (broad SMARTS) is 1. The van der Waals surface area contributed by atoms with E-state index in [0.29, 0.717) is 17.9 Å². The molecule has 0 aliphatic heterocycles. The third-order valence-corrected chi connectivity index (χ3v) is 6.34. The Morgan fingerprint density at radius 2 is 1.83 bits per heavy atom. The molecule has 0 saturated carbocycles. The van der Waals surface area contributed by atoms with Crippen molar-refractivity contribution in [2.45, 2.75) is 39.5 Å². The van der Waals surface area contributed by atoms with Gasteiger partial charge in [-0.25, -0.2) is 4.79 Å². The van der Waals surface area contributed by atoms with Crippen molar-refractivity contribution in [2.24, 2.45) is 0 Å². The van der Waals surface area contributed by atoms with Gasteiger partial charge in [-0.3, -0.25) is 9.48 Å². The van der Waals surface area contributed by atoms with Crippen molar-refractivity contribution in [2.75, 3.05) is 0 Å². The van der Waals surface area contributed by atoms with Crippen molar-refractivity contribution in [3.63, 3.8) is 0 Å². The number of amides is 1. The predicted molar refractivity (Wildman–Crippen MR) is 138 cm³/mol. The number of halogens is 1. The summed E-state index contributed by atoms with van der Waals surface area (Å²) in [5.74, 6) is -0.675. The molecule has 35 heavy (non-hydrogen) atoms. The van der Waals surface area contributed by atoms with E-state index in [1.165, 1.54) is 6.92 Å². The first kappa shape index (κ1) is 24.5. The molecule has 0 saturated heterocycles. The van der Waals surface area contributed by atoms with E-state index >= 15 is 0 Å². The largest absolute Gasteiger partial charge is 0.479 e. The van der Waals surface area contributed by atoms with Gasteiger partial charge < -0.3 is 15.2 Å². The Bertz CT molecular complexity index is 1380. The highest BCUT2D eigenvalue weighted by Crippen LogP contribution is 2.23. The Morgan fingerprint density at radius 1 is 1.09 bits per heavy atom. The van der Waals surface area contributed by atoms with E-state index in [-0.39, 0.29) is 11.9 Å². The average Bonchev–Trinajstić information content (AvgIpc) is 3.14. The minimum atomic E-state index is -1.02. The Balaban J connectivity index is 1.52. The Labute approximate surface area is 211 Å². The van der Waals surface area contributed by atoms with Crippen LogP contribution in [-0.4, -0.2) is 32.9 Å². The maximum absolute atomic E-state index is 12.9. The molecular weight excluding hydrogens is 510 g/mol. The molecule has 1 aromatic heterocycles. The topological polar surface area (TPSA) is 93.5 Å². The lowest BCUT2D eigenvalue weighted by atomic mass is 10.1. The van der Waals surface area contributed by atoms with Crippen LogP contribution in [0.4, 0.5) is 0 Å². The molecule has 7 nitrogen and oxygen atoms in total. The summed E-state index contributed by atoms with van der Waals surface area (Å²) in [6.07, 6.45) is -0.936. The van der Waals surface area contributed by atoms with E-state index in [1.54, 1.807) is 12.1 Å². The van der Waals surface area contributed by atoms with Gasteiger partial charge in [0.15, 0.2) is 6.10 Å². The molecule has 180 valence electrons. The highest BCUT2D eigenvalue weighted by molar-refractivity contribution is 9.10. The normalized spacial score (nSPS) is 12.8. The number of benzene rings is 3. The van der Waals surface area contributed by atoms with Gasteiger partial charge in [-0.05, 0) is 74.4 Å². The Morgan fingerprint density at radius 3 is 2.54 bits per heavy atom. The third-order valence-electron chi connectivity index (χ3n) is 5.81. The van der Waals surface area contributed by atoms with Gasteiger partial charge >= 0.3 is 5.97 Å². The molecule has 2 atom stereocenters. The fourth-order valence-electron chi connectivity index (χ4n) is 3.86. The van der Waals surface area contributed by atoms with E-state index in [2.05, 4.69) is 26.3 Å². The van der Waals surface area contributed by atoms with Crippen molar-refractivity contribution in [1.29, 1.82) is 0 Å². The molecule has 1 amide bonds. The second-order valence-corrected chi connectivity index (χ2v) is 9.38. The van der Waals surface area contributed by atoms with Crippen LogP contribution in [0.25, 0.3) is 10.9 Å². The highest BCUT2D eigenvalue weighted by Gasteiger charge is 2.16. The van der Waals surface area contributed by atoms with Gasteiger partial charge in [-0.2, -0.15) is 5.10 Å². The number of aryl methyl sites for hydroxylation is 1. The van der Waals surface area contributed by atoms with Gasteiger partial charge in [0.05, 0.1) is 23.8 Å². The zero-order valence-corrected chi connectivity index (χ0v) is 21.2. The number of nitrogens with zero attached hydrogens (tertiary/aromatic N) is 2. The van der Waals surface area contributed by atoms with E-state index in [9.17, 15) is 9.59 Å². The Hall–Kier alpha value is -3.65. The van der Waals surface area contributed by atoms with Gasteiger partial charge in [-0.15, -0.1) is 0 Å². The van der Waals surface area contributed by atoms with Crippen LogP contribution < -0.4 is 10.1 Å². The zero-order valence-electron chi connectivity index (χ0n) is 19.7. The standard InChI is InChI=1S/C27H26BrN3O4/c1-16(20-7-10-22(28)11-8-20)29-26(32)21-9-12-25-24(14-21)17(2)30-31(25)15-19-5-4-6-23(13-19)35-18(3)27(33)34/h4-14,16,18H,15H2,1-3H3,(H,29,32)(H,33,34)/t16-,18+/m0/s1. The first-order chi connectivity index (χ1) is 16.7. The number of carbonyl (C=O) groups is 2. The molecule has 0 unspecified atom stereocenters. The first-order valence-electron chi connectivity index (χ1n) is 11.2. The van der Waals surface area contributed by atoms with Crippen LogP contribution in [0.3, 0.4) is 0 Å². The lowest BCUT2D eigenvalue weighted by molar-refractivity contribution is -0.144. The SMILES string of the molecule is Cc1nn(Cc2cccc(O[C@H](C)C(=O)O)c2)c2ccc(C(=O)N[C@@H](C)c3ccc(Br)cc3)cc12. The molecule has 0 aliphatic carbocycles. The molecule has 0 bridgehead atoms. The third kappa shape index (κ3) is 5.71. The maximum Gasteiger partial charge on any atom is 0.344 e. The number of carbonyl (C=O) groups excluding carboxylic acids is 1. The first-order valence-corrected chi connectivity index (χ1v) is 12.0. The second kappa shape index (κ2) is 10.3. The van der Waals surface area contributed by atoms with Crippen LogP contribution in [0, 0.1) is 6.92 Å². The van der Waals surface area contributed by atoms with E-state index in [1.807, 2.05) is 73.1 Å². The fourth-order valence-corrected chi connectivity index (χ4v) is 4.13. The molecular formula is C27H26BrN3O4. The molecule has 0 radical (unpaired) electrons. The number of nitrogens with one attached hydrogen (secondary N) is 1. The number of aromatic nitrogens is 2. The van der Waals surface area contributed by atoms with Gasteiger partial charge in [0.2, 0.25) is 0 Å². The number of ether oxygens (including phenoxy) is 1. The number of hydrogen-bond donors (Lipinski definition) is 2. The molecule has 4 rings (SSSR count). The predicted octanol–water partition coefficient (Wildman–Crippen LogP) is 5.50. The van der Waals surface area contributed by atoms with Gasteiger partial charge in [0.25, 0.3) is 5.91 Å². The van der Waals surface area contributed by atoms with Gasteiger partial charge in [-0.1, -0.05) is 40.2 Å². The molecule has 3 aromatic carbocycles. The highest BCUT2D eigenvalue weighted by atomic mass is 79.9. The summed E-state index contributed by atoms with van der Waals surface area (Å²) in [6, 6.07) is 20.6. The fraction of sp³-hybridized carbons (Fsp3) is 0.222. The van der Waals surface area contributed by atoms with Crippen LogP contribution in [0.5, 0.6) is 5.75 Å². The van der Waals surface area contributed by atoms with Crippen molar-refractivity contribution < 1.29 is 19.4 Å². The number of rotatable bonds is 8. The molecule has 0 spiro atoms. The molecule has 1 heterocycles. The van der Waals surface area contributed by atoms with Crippen molar-refractivity contribution in [3.8, 4) is 5.75 Å². The molecule has 2 N–H and O–H groups in total. The van der Waals surface area contributed by atoms with Crippen LogP contribution in [0.15, 0.2) is 71.2 Å². The minimum absolute atomic E-state index is 0.131. The number of hydrogen-bond acceptors (Lipinski definition) is 4. The summed E-state index contributed by atoms with van der Waals surface area (Å²) >= 11 is 3.43. The second-order valence-electron chi connectivity index (χ2n) is 8.47. The van der Waals surface area contributed by atoms with Crippen LogP contribution in [0.2, 0.25) is 0 Å². The quantitative estimate of drug-likeness (QED) is 0.310. The minimum Gasteiger partial charge on any atom is -0.479 e. The Kier molecular flexibility index (Phi) is 7.21.